The highest BCUT2D eigenvalue weighted by molar-refractivity contribution is 5.71. The van der Waals surface area contributed by atoms with Gasteiger partial charge in [0.15, 0.2) is 5.82 Å². The first-order chi connectivity index (χ1) is 10.2. The van der Waals surface area contributed by atoms with Gasteiger partial charge >= 0.3 is 5.97 Å². The molecule has 0 N–H and O–H groups in total. The van der Waals surface area contributed by atoms with Crippen LogP contribution in [0.5, 0.6) is 0 Å². The van der Waals surface area contributed by atoms with Crippen LogP contribution in [0.3, 0.4) is 0 Å². The molecule has 5 heteroatoms. The molecular formula is C16H18N2O3. The number of aromatic nitrogens is 2. The smallest absolute Gasteiger partial charge is 0.315 e. The van der Waals surface area contributed by atoms with E-state index in [9.17, 15) is 4.79 Å². The normalized spacial score (nSPS) is 16.8. The first kappa shape index (κ1) is 13.8. The van der Waals surface area contributed by atoms with E-state index in [1.807, 2.05) is 18.2 Å². The van der Waals surface area contributed by atoms with Gasteiger partial charge in [0, 0.05) is 0 Å². The van der Waals surface area contributed by atoms with Gasteiger partial charge in [0.1, 0.15) is 6.42 Å². The van der Waals surface area contributed by atoms with Gasteiger partial charge in [-0.1, -0.05) is 48.3 Å². The Morgan fingerprint density at radius 2 is 2.00 bits per heavy atom. The van der Waals surface area contributed by atoms with Crippen LogP contribution in [0.4, 0.5) is 0 Å². The number of esters is 1. The van der Waals surface area contributed by atoms with E-state index in [0.717, 1.165) is 25.7 Å². The van der Waals surface area contributed by atoms with Gasteiger partial charge < -0.3 is 9.26 Å². The number of benzene rings is 1. The molecule has 0 bridgehead atoms. The Bertz CT molecular complexity index is 615. The summed E-state index contributed by atoms with van der Waals surface area (Å²) in [5.74, 6) is 0.634. The van der Waals surface area contributed by atoms with E-state index in [1.165, 1.54) is 12.7 Å². The molecule has 1 aromatic carbocycles. The minimum atomic E-state index is -0.370. The number of carbonyl (C=O) groups is 1. The fourth-order valence-corrected chi connectivity index (χ4v) is 3.09. The van der Waals surface area contributed by atoms with Crippen molar-refractivity contribution in [3.05, 3.63) is 47.6 Å². The molecule has 1 fully saturated rings. The predicted octanol–water partition coefficient (Wildman–Crippen LogP) is 2.65. The van der Waals surface area contributed by atoms with Gasteiger partial charge in [-0.25, -0.2) is 0 Å². The van der Waals surface area contributed by atoms with Crippen molar-refractivity contribution in [2.45, 2.75) is 37.5 Å². The van der Waals surface area contributed by atoms with Crippen LogP contribution in [0.15, 0.2) is 34.9 Å². The largest absolute Gasteiger partial charge is 0.469 e. The van der Waals surface area contributed by atoms with Crippen molar-refractivity contribution in [1.29, 1.82) is 0 Å². The Morgan fingerprint density at radius 3 is 2.67 bits per heavy atom. The van der Waals surface area contributed by atoms with E-state index in [-0.39, 0.29) is 17.8 Å². The Kier molecular flexibility index (Phi) is 3.73. The van der Waals surface area contributed by atoms with Gasteiger partial charge in [-0.2, -0.15) is 4.98 Å². The summed E-state index contributed by atoms with van der Waals surface area (Å²) in [6.07, 6.45) is 4.34. The van der Waals surface area contributed by atoms with Crippen LogP contribution in [0.25, 0.3) is 0 Å². The zero-order valence-electron chi connectivity index (χ0n) is 12.0. The molecule has 0 aliphatic heterocycles. The van der Waals surface area contributed by atoms with E-state index in [0.29, 0.717) is 11.7 Å². The molecule has 0 saturated heterocycles. The van der Waals surface area contributed by atoms with Gasteiger partial charge in [0.25, 0.3) is 0 Å². The second-order valence-electron chi connectivity index (χ2n) is 5.42. The molecule has 0 atom stereocenters. The number of hydrogen-bond donors (Lipinski definition) is 0. The molecule has 3 rings (SSSR count). The molecule has 21 heavy (non-hydrogen) atoms. The van der Waals surface area contributed by atoms with Gasteiger partial charge in [-0.15, -0.1) is 0 Å². The molecule has 1 heterocycles. The van der Waals surface area contributed by atoms with Gasteiger partial charge in [-0.05, 0) is 18.4 Å². The van der Waals surface area contributed by atoms with E-state index in [1.54, 1.807) is 0 Å². The fraction of sp³-hybridized carbons (Fsp3) is 0.438. The monoisotopic (exact) mass is 286 g/mol. The van der Waals surface area contributed by atoms with E-state index in [2.05, 4.69) is 27.0 Å². The van der Waals surface area contributed by atoms with Crippen molar-refractivity contribution in [3.8, 4) is 0 Å². The molecule has 5 nitrogen and oxygen atoms in total. The maximum Gasteiger partial charge on any atom is 0.315 e. The molecule has 0 amide bonds. The highest BCUT2D eigenvalue weighted by Crippen LogP contribution is 2.45. The third kappa shape index (κ3) is 2.55. The Morgan fingerprint density at radius 1 is 1.29 bits per heavy atom. The molecule has 2 aromatic rings. The standard InChI is InChI=1S/C16H18N2O3/c1-20-14(19)11-13-17-15(18-21-13)16(9-5-6-10-16)12-7-3-2-4-8-12/h2-4,7-8H,5-6,9-11H2,1H3. The van der Waals surface area contributed by atoms with Crippen LogP contribution in [0.1, 0.15) is 43.0 Å². The van der Waals surface area contributed by atoms with E-state index >= 15 is 0 Å². The van der Waals surface area contributed by atoms with Gasteiger partial charge in [0.2, 0.25) is 5.89 Å². The zero-order valence-corrected chi connectivity index (χ0v) is 12.0. The lowest BCUT2D eigenvalue weighted by atomic mass is 9.78. The van der Waals surface area contributed by atoms with E-state index < -0.39 is 0 Å². The van der Waals surface area contributed by atoms with Crippen LogP contribution in [0, 0.1) is 0 Å². The molecule has 0 radical (unpaired) electrons. The van der Waals surface area contributed by atoms with Gasteiger partial charge in [-0.3, -0.25) is 4.79 Å². The number of methoxy groups -OCH3 is 1. The van der Waals surface area contributed by atoms with Crippen molar-refractivity contribution in [3.63, 3.8) is 0 Å². The molecule has 1 aliphatic rings. The Balaban J connectivity index is 1.94. The summed E-state index contributed by atoms with van der Waals surface area (Å²) in [4.78, 5) is 15.8. The second-order valence-corrected chi connectivity index (χ2v) is 5.42. The summed E-state index contributed by atoms with van der Waals surface area (Å²) in [5, 5.41) is 4.14. The SMILES string of the molecule is COC(=O)Cc1nc(C2(c3ccccc3)CCCC2)no1. The molecule has 1 aromatic heterocycles. The fourth-order valence-electron chi connectivity index (χ4n) is 3.09. The molecule has 1 aliphatic carbocycles. The van der Waals surface area contributed by atoms with Crippen molar-refractivity contribution in [2.24, 2.45) is 0 Å². The summed E-state index contributed by atoms with van der Waals surface area (Å²) < 4.78 is 9.87. The van der Waals surface area contributed by atoms with Crippen LogP contribution >= 0.6 is 0 Å². The number of ether oxygens (including phenoxy) is 1. The molecule has 0 spiro atoms. The van der Waals surface area contributed by atoms with E-state index in [4.69, 9.17) is 4.52 Å². The highest BCUT2D eigenvalue weighted by Gasteiger charge is 2.41. The number of carbonyl (C=O) groups excluding carboxylic acids is 1. The summed E-state index contributed by atoms with van der Waals surface area (Å²) in [5.41, 5.74) is 1.03. The maximum absolute atomic E-state index is 11.3. The molecule has 110 valence electrons. The molecule has 1 saturated carbocycles. The van der Waals surface area contributed by atoms with Crippen LogP contribution in [-0.2, 0) is 21.4 Å². The Labute approximate surface area is 123 Å². The minimum absolute atomic E-state index is 0.0222. The number of rotatable bonds is 4. The minimum Gasteiger partial charge on any atom is -0.469 e. The average Bonchev–Trinajstić information content (AvgIpc) is 3.17. The second kappa shape index (κ2) is 5.68. The first-order valence-corrected chi connectivity index (χ1v) is 7.20. The third-order valence-electron chi connectivity index (χ3n) is 4.20. The van der Waals surface area contributed by atoms with Crippen molar-refractivity contribution in [1.82, 2.24) is 10.1 Å². The number of nitrogens with zero attached hydrogens (tertiary/aromatic N) is 2. The van der Waals surface area contributed by atoms with Crippen LogP contribution in [0.2, 0.25) is 0 Å². The lowest BCUT2D eigenvalue weighted by molar-refractivity contribution is -0.140. The van der Waals surface area contributed by atoms with Crippen molar-refractivity contribution < 1.29 is 14.1 Å². The summed E-state index contributed by atoms with van der Waals surface area (Å²) in [7, 11) is 1.35. The maximum atomic E-state index is 11.3. The van der Waals surface area contributed by atoms with Crippen LogP contribution in [-0.4, -0.2) is 23.2 Å². The van der Waals surface area contributed by atoms with Crippen molar-refractivity contribution in [2.75, 3.05) is 7.11 Å². The summed E-state index contributed by atoms with van der Waals surface area (Å²) >= 11 is 0. The quantitative estimate of drug-likeness (QED) is 0.808. The number of hydrogen-bond acceptors (Lipinski definition) is 5. The predicted molar refractivity (Wildman–Crippen MR) is 75.7 cm³/mol. The average molecular weight is 286 g/mol. The first-order valence-electron chi connectivity index (χ1n) is 7.20. The van der Waals surface area contributed by atoms with Crippen LogP contribution < -0.4 is 0 Å². The topological polar surface area (TPSA) is 65.2 Å². The summed E-state index contributed by atoms with van der Waals surface area (Å²) in [6, 6.07) is 10.3. The molecule has 0 unspecified atom stereocenters. The Hall–Kier alpha value is -2.17. The lowest BCUT2D eigenvalue weighted by Gasteiger charge is -2.25. The summed E-state index contributed by atoms with van der Waals surface area (Å²) in [6.45, 7) is 0. The lowest BCUT2D eigenvalue weighted by Crippen LogP contribution is -2.25. The zero-order chi connectivity index (χ0) is 14.7. The third-order valence-corrected chi connectivity index (χ3v) is 4.20. The highest BCUT2D eigenvalue weighted by atomic mass is 16.5. The molecular weight excluding hydrogens is 268 g/mol. The van der Waals surface area contributed by atoms with Gasteiger partial charge in [0.05, 0.1) is 12.5 Å². The van der Waals surface area contributed by atoms with Crippen molar-refractivity contribution >= 4 is 5.97 Å².